The molecule has 184 valence electrons. The summed E-state index contributed by atoms with van der Waals surface area (Å²) in [5, 5.41) is 24.9. The quantitative estimate of drug-likeness (QED) is 0.305. The number of fused-ring (bicyclic) bond motifs is 1. The van der Waals surface area contributed by atoms with E-state index in [1.54, 1.807) is 25.1 Å². The van der Waals surface area contributed by atoms with Crippen LogP contribution < -0.4 is 15.0 Å². The molecule has 11 heteroatoms. The molecule has 2 fully saturated rings. The van der Waals surface area contributed by atoms with Crippen molar-refractivity contribution in [3.63, 3.8) is 0 Å². The third kappa shape index (κ3) is 3.69. The van der Waals surface area contributed by atoms with E-state index in [4.69, 9.17) is 4.74 Å². The normalized spacial score (nSPS) is 26.5. The second-order valence-electron chi connectivity index (χ2n) is 8.78. The molecule has 0 spiro atoms. The number of anilines is 1. The summed E-state index contributed by atoms with van der Waals surface area (Å²) in [6.07, 6.45) is 0.434. The number of carboxylic acid groups (broad SMARTS) is 1. The molecule has 2 aromatic carbocycles. The summed E-state index contributed by atoms with van der Waals surface area (Å²) in [7, 11) is 1.47. The Balaban J connectivity index is 1.93. The highest BCUT2D eigenvalue weighted by molar-refractivity contribution is 9.10. The molecule has 2 N–H and O–H groups in total. The second-order valence-corrected chi connectivity index (χ2v) is 9.70. The van der Waals surface area contributed by atoms with Gasteiger partial charge in [0.1, 0.15) is 11.3 Å². The molecule has 2 saturated heterocycles. The third-order valence-electron chi connectivity index (χ3n) is 7.16. The minimum Gasteiger partial charge on any atom is -0.496 e. The molecule has 2 aliphatic rings. The predicted octanol–water partition coefficient (Wildman–Crippen LogP) is 3.69. The number of aliphatic carboxylic acids is 1. The summed E-state index contributed by atoms with van der Waals surface area (Å²) in [4.78, 5) is 52.0. The molecule has 0 saturated carbocycles. The number of hydrogen-bond donors (Lipinski definition) is 2. The zero-order valence-corrected chi connectivity index (χ0v) is 20.8. The van der Waals surface area contributed by atoms with Gasteiger partial charge in [-0.05, 0) is 30.2 Å². The van der Waals surface area contributed by atoms with Gasteiger partial charge in [-0.15, -0.1) is 0 Å². The summed E-state index contributed by atoms with van der Waals surface area (Å²) in [6, 6.07) is 9.54. The van der Waals surface area contributed by atoms with E-state index in [1.807, 2.05) is 6.92 Å². The number of ether oxygens (including phenoxy) is 1. The lowest BCUT2D eigenvalue weighted by molar-refractivity contribution is -0.384. The molecule has 2 heterocycles. The molecule has 5 unspecified atom stereocenters. The van der Waals surface area contributed by atoms with Crippen LogP contribution in [0.1, 0.15) is 31.9 Å². The van der Waals surface area contributed by atoms with Gasteiger partial charge in [-0.2, -0.15) is 0 Å². The van der Waals surface area contributed by atoms with E-state index in [-0.39, 0.29) is 11.4 Å². The first-order valence-electron chi connectivity index (χ1n) is 11.0. The number of amides is 2. The number of nitro groups is 1. The predicted molar refractivity (Wildman–Crippen MR) is 129 cm³/mol. The summed E-state index contributed by atoms with van der Waals surface area (Å²) in [5.74, 6) is -4.93. The SMILES string of the molecule is CCC(C)C1(C(=O)O)NC(c2cc(Br)ccc2OC)C2C(=O)N(c3cccc([N+](=O)[O-])c3)C(=O)C21. The second kappa shape index (κ2) is 9.04. The van der Waals surface area contributed by atoms with Crippen molar-refractivity contribution in [2.24, 2.45) is 17.8 Å². The van der Waals surface area contributed by atoms with Crippen LogP contribution in [-0.2, 0) is 14.4 Å². The van der Waals surface area contributed by atoms with Gasteiger partial charge < -0.3 is 9.84 Å². The summed E-state index contributed by atoms with van der Waals surface area (Å²) in [6.45, 7) is 3.55. The summed E-state index contributed by atoms with van der Waals surface area (Å²) < 4.78 is 6.19. The number of imide groups is 1. The monoisotopic (exact) mass is 545 g/mol. The Bertz CT molecular complexity index is 1240. The lowest BCUT2D eigenvalue weighted by atomic mass is 9.72. The van der Waals surface area contributed by atoms with Crippen LogP contribution in [0.4, 0.5) is 11.4 Å². The van der Waals surface area contributed by atoms with Crippen LogP contribution in [0.15, 0.2) is 46.9 Å². The highest BCUT2D eigenvalue weighted by atomic mass is 79.9. The van der Waals surface area contributed by atoms with E-state index >= 15 is 0 Å². The number of rotatable bonds is 7. The van der Waals surface area contributed by atoms with Gasteiger partial charge in [0.2, 0.25) is 11.8 Å². The van der Waals surface area contributed by atoms with E-state index in [9.17, 15) is 29.6 Å². The van der Waals surface area contributed by atoms with Crippen LogP contribution in [0.2, 0.25) is 0 Å². The van der Waals surface area contributed by atoms with Gasteiger partial charge in [0.25, 0.3) is 5.69 Å². The molecule has 2 aliphatic heterocycles. The summed E-state index contributed by atoms with van der Waals surface area (Å²) in [5.41, 5.74) is -1.45. The van der Waals surface area contributed by atoms with Gasteiger partial charge in [-0.3, -0.25) is 29.8 Å². The first-order valence-corrected chi connectivity index (χ1v) is 11.8. The summed E-state index contributed by atoms with van der Waals surface area (Å²) >= 11 is 3.42. The van der Waals surface area contributed by atoms with Crippen LogP contribution >= 0.6 is 15.9 Å². The number of nitro benzene ring substituents is 1. The fourth-order valence-corrected chi connectivity index (χ4v) is 5.72. The molecule has 0 radical (unpaired) electrons. The van der Waals surface area contributed by atoms with Crippen molar-refractivity contribution in [2.75, 3.05) is 12.0 Å². The number of nitrogens with zero attached hydrogens (tertiary/aromatic N) is 2. The number of carbonyl (C=O) groups is 3. The highest BCUT2D eigenvalue weighted by Crippen LogP contribution is 2.54. The Morgan fingerprint density at radius 1 is 1.29 bits per heavy atom. The Labute approximate surface area is 209 Å². The number of nitrogens with one attached hydrogen (secondary N) is 1. The maximum atomic E-state index is 13.8. The number of hydrogen-bond acceptors (Lipinski definition) is 7. The zero-order chi connectivity index (χ0) is 25.7. The zero-order valence-electron chi connectivity index (χ0n) is 19.2. The third-order valence-corrected chi connectivity index (χ3v) is 7.66. The molecule has 0 aliphatic carbocycles. The standard InChI is InChI=1S/C24H24BrN3O7/c1-4-12(2)24(23(31)32)19-18(20(26-24)16-10-13(25)8-9-17(16)35-3)21(29)27(22(19)30)14-6-5-7-15(11-14)28(33)34/h5-12,18-20,26H,4H2,1-3H3,(H,31,32). The first-order chi connectivity index (χ1) is 16.6. The van der Waals surface area contributed by atoms with Crippen molar-refractivity contribution in [1.82, 2.24) is 5.32 Å². The van der Waals surface area contributed by atoms with Crippen LogP contribution in [-0.4, -0.2) is 40.5 Å². The fraction of sp³-hybridized carbons (Fsp3) is 0.375. The molecular weight excluding hydrogens is 522 g/mol. The average Bonchev–Trinajstić information content (AvgIpc) is 3.33. The van der Waals surface area contributed by atoms with Crippen molar-refractivity contribution < 1.29 is 29.2 Å². The lowest BCUT2D eigenvalue weighted by Gasteiger charge is -2.36. The molecule has 4 rings (SSSR count). The largest absolute Gasteiger partial charge is 0.496 e. The van der Waals surface area contributed by atoms with Gasteiger partial charge in [-0.25, -0.2) is 4.90 Å². The Hall–Kier alpha value is -3.31. The fourth-order valence-electron chi connectivity index (χ4n) is 5.34. The molecule has 0 aromatic heterocycles. The molecule has 2 aromatic rings. The number of halogens is 1. The molecule has 0 bridgehead atoms. The average molecular weight is 546 g/mol. The van der Waals surface area contributed by atoms with Gasteiger partial charge in [0.05, 0.1) is 29.6 Å². The van der Waals surface area contributed by atoms with Gasteiger partial charge in [0.15, 0.2) is 0 Å². The number of carboxylic acids is 1. The van der Waals surface area contributed by atoms with E-state index in [2.05, 4.69) is 21.2 Å². The molecule has 5 atom stereocenters. The van der Waals surface area contributed by atoms with E-state index in [1.165, 1.54) is 25.3 Å². The van der Waals surface area contributed by atoms with E-state index in [0.29, 0.717) is 22.2 Å². The number of methoxy groups -OCH3 is 1. The van der Waals surface area contributed by atoms with Crippen molar-refractivity contribution in [3.05, 3.63) is 62.6 Å². The Kier molecular flexibility index (Phi) is 6.41. The molecule has 10 nitrogen and oxygen atoms in total. The minimum absolute atomic E-state index is 0.0343. The number of benzene rings is 2. The van der Waals surface area contributed by atoms with Crippen molar-refractivity contribution in [3.8, 4) is 5.75 Å². The Morgan fingerprint density at radius 3 is 2.60 bits per heavy atom. The highest BCUT2D eigenvalue weighted by Gasteiger charge is 2.70. The lowest BCUT2D eigenvalue weighted by Crippen LogP contribution is -2.59. The van der Waals surface area contributed by atoms with Crippen LogP contribution in [0.25, 0.3) is 0 Å². The topological polar surface area (TPSA) is 139 Å². The van der Waals surface area contributed by atoms with Gasteiger partial charge >= 0.3 is 5.97 Å². The maximum Gasteiger partial charge on any atom is 0.325 e. The van der Waals surface area contributed by atoms with Crippen molar-refractivity contribution in [2.45, 2.75) is 31.8 Å². The van der Waals surface area contributed by atoms with Crippen molar-refractivity contribution in [1.29, 1.82) is 0 Å². The molecule has 2 amide bonds. The van der Waals surface area contributed by atoms with E-state index < -0.39 is 52.0 Å². The Morgan fingerprint density at radius 2 is 2.00 bits per heavy atom. The number of non-ortho nitro benzene ring substituents is 1. The minimum atomic E-state index is -1.74. The van der Waals surface area contributed by atoms with Crippen LogP contribution in [0, 0.1) is 27.9 Å². The van der Waals surface area contributed by atoms with Crippen molar-refractivity contribution >= 4 is 45.1 Å². The van der Waals surface area contributed by atoms with E-state index in [0.717, 1.165) is 11.0 Å². The molecular formula is C24H24BrN3O7. The van der Waals surface area contributed by atoms with Crippen LogP contribution in [0.3, 0.4) is 0 Å². The smallest absolute Gasteiger partial charge is 0.325 e. The maximum absolute atomic E-state index is 13.8. The van der Waals surface area contributed by atoms with Crippen LogP contribution in [0.5, 0.6) is 5.75 Å². The first kappa shape index (κ1) is 24.8. The van der Waals surface area contributed by atoms with Gasteiger partial charge in [0, 0.05) is 28.2 Å². The number of carbonyl (C=O) groups excluding carboxylic acids is 2. The van der Waals surface area contributed by atoms with Gasteiger partial charge in [-0.1, -0.05) is 42.3 Å². The molecule has 35 heavy (non-hydrogen) atoms.